The van der Waals surface area contributed by atoms with E-state index in [2.05, 4.69) is 4.98 Å². The number of fused-ring (bicyclic) bond motifs is 1. The fourth-order valence-electron chi connectivity index (χ4n) is 1.53. The molecule has 0 spiro atoms. The Morgan fingerprint density at radius 3 is 2.22 bits per heavy atom. The summed E-state index contributed by atoms with van der Waals surface area (Å²) in [5, 5.41) is 0.678. The van der Waals surface area contributed by atoms with Crippen LogP contribution in [0.4, 0.5) is 14.6 Å². The van der Waals surface area contributed by atoms with Crippen molar-refractivity contribution < 1.29 is 8.78 Å². The Balaban J connectivity index is 0.000000659. The number of hydrogen-bond acceptors (Lipinski definition) is 2. The summed E-state index contributed by atoms with van der Waals surface area (Å²) in [5.74, 6) is 0.248. The molecule has 0 aliphatic carbocycles. The van der Waals surface area contributed by atoms with Gasteiger partial charge in [0.1, 0.15) is 5.82 Å². The fourth-order valence-corrected chi connectivity index (χ4v) is 1.53. The van der Waals surface area contributed by atoms with Crippen molar-refractivity contribution in [2.24, 2.45) is 0 Å². The van der Waals surface area contributed by atoms with Crippen LogP contribution >= 0.6 is 0 Å². The molecule has 2 N–H and O–H groups in total. The molecule has 0 amide bonds. The average Bonchev–Trinajstić information content (AvgIpc) is 2.69. The summed E-state index contributed by atoms with van der Waals surface area (Å²) in [6.45, 7) is 7.08. The number of pyridine rings is 1. The molecule has 5 heteroatoms. The van der Waals surface area contributed by atoms with E-state index < -0.39 is 6.55 Å². The molecular weight excluding hydrogens is 236 g/mol. The number of alkyl halides is 2. The molecule has 18 heavy (non-hydrogen) atoms. The maximum absolute atomic E-state index is 12.6. The Bertz CT molecular complexity index is 478. The number of nitrogens with two attached hydrogens (primary N) is 1. The van der Waals surface area contributed by atoms with Gasteiger partial charge in [0.15, 0.2) is 0 Å². The van der Waals surface area contributed by atoms with Crippen molar-refractivity contribution in [3.8, 4) is 0 Å². The second-order valence-electron chi connectivity index (χ2n) is 3.10. The molecule has 2 heterocycles. The second-order valence-corrected chi connectivity index (χ2v) is 3.10. The van der Waals surface area contributed by atoms with Gasteiger partial charge in [-0.2, -0.15) is 8.78 Å². The molecule has 0 saturated heterocycles. The van der Waals surface area contributed by atoms with Crippen LogP contribution in [-0.2, 0) is 0 Å². The molecule has 2 aromatic heterocycles. The summed E-state index contributed by atoms with van der Waals surface area (Å²) in [4.78, 5) is 3.84. The highest BCUT2D eigenvalue weighted by atomic mass is 19.3. The van der Waals surface area contributed by atoms with Gasteiger partial charge in [-0.25, -0.2) is 4.98 Å². The van der Waals surface area contributed by atoms with Crippen LogP contribution in [0.25, 0.3) is 10.9 Å². The van der Waals surface area contributed by atoms with Crippen LogP contribution in [0.15, 0.2) is 18.3 Å². The van der Waals surface area contributed by atoms with Crippen molar-refractivity contribution in [2.45, 2.75) is 41.2 Å². The molecule has 0 aliphatic rings. The molecule has 0 atom stereocenters. The number of rotatable bonds is 1. The van der Waals surface area contributed by atoms with Crippen molar-refractivity contribution in [3.05, 3.63) is 24.0 Å². The number of hydrogen-bond donors (Lipinski definition) is 1. The van der Waals surface area contributed by atoms with Crippen LogP contribution in [0.2, 0.25) is 0 Å². The normalized spacial score (nSPS) is 9.56. The van der Waals surface area contributed by atoms with Crippen LogP contribution < -0.4 is 5.73 Å². The maximum atomic E-state index is 12.6. The maximum Gasteiger partial charge on any atom is 0.319 e. The van der Waals surface area contributed by atoms with Gasteiger partial charge in [0, 0.05) is 23.3 Å². The quantitative estimate of drug-likeness (QED) is 0.824. The third-order valence-electron chi connectivity index (χ3n) is 2.13. The summed E-state index contributed by atoms with van der Waals surface area (Å²) in [5.41, 5.74) is 6.36. The third-order valence-corrected chi connectivity index (χ3v) is 2.13. The van der Waals surface area contributed by atoms with Crippen LogP contribution in [0, 0.1) is 6.92 Å². The molecule has 3 nitrogen and oxygen atoms in total. The number of aromatic nitrogens is 2. The van der Waals surface area contributed by atoms with Crippen LogP contribution in [-0.4, -0.2) is 9.55 Å². The summed E-state index contributed by atoms with van der Waals surface area (Å²) >= 11 is 0. The Kier molecular flexibility index (Phi) is 6.93. The largest absolute Gasteiger partial charge is 0.384 e. The van der Waals surface area contributed by atoms with Gasteiger partial charge in [0.05, 0.1) is 5.52 Å². The van der Waals surface area contributed by atoms with Crippen molar-refractivity contribution >= 4 is 16.7 Å². The van der Waals surface area contributed by atoms with Gasteiger partial charge in [0.25, 0.3) is 0 Å². The lowest BCUT2D eigenvalue weighted by molar-refractivity contribution is 0.0733. The zero-order chi connectivity index (χ0) is 14.3. The number of anilines is 1. The van der Waals surface area contributed by atoms with Crippen LogP contribution in [0.3, 0.4) is 0 Å². The predicted octanol–water partition coefficient (Wildman–Crippen LogP) is 4.37. The first-order chi connectivity index (χ1) is 8.59. The van der Waals surface area contributed by atoms with E-state index in [-0.39, 0.29) is 5.82 Å². The Morgan fingerprint density at radius 2 is 1.72 bits per heavy atom. The Labute approximate surface area is 107 Å². The van der Waals surface area contributed by atoms with E-state index in [4.69, 9.17) is 5.73 Å². The molecule has 0 unspecified atom stereocenters. The molecule has 0 aliphatic heterocycles. The fraction of sp³-hybridized carbons (Fsp3) is 0.462. The topological polar surface area (TPSA) is 43.8 Å². The average molecular weight is 257 g/mol. The predicted molar refractivity (Wildman–Crippen MR) is 72.8 cm³/mol. The summed E-state index contributed by atoms with van der Waals surface area (Å²) in [7, 11) is 0. The molecule has 102 valence electrons. The number of nitrogens with zero attached hydrogens (tertiary/aromatic N) is 2. The number of halogens is 2. The summed E-state index contributed by atoms with van der Waals surface area (Å²) < 4.78 is 26.2. The van der Waals surface area contributed by atoms with E-state index in [1.54, 1.807) is 13.0 Å². The van der Waals surface area contributed by atoms with Gasteiger partial charge >= 0.3 is 6.55 Å². The molecule has 0 bridgehead atoms. The molecule has 0 fully saturated rings. The smallest absolute Gasteiger partial charge is 0.319 e. The zero-order valence-corrected chi connectivity index (χ0v) is 11.5. The van der Waals surface area contributed by atoms with Gasteiger partial charge in [-0.05, 0) is 13.0 Å². The minimum Gasteiger partial charge on any atom is -0.384 e. The Hall–Kier alpha value is -1.65. The van der Waals surface area contributed by atoms with Gasteiger partial charge in [-0.15, -0.1) is 0 Å². The van der Waals surface area contributed by atoms with E-state index in [9.17, 15) is 8.78 Å². The van der Waals surface area contributed by atoms with Crippen molar-refractivity contribution in [3.63, 3.8) is 0 Å². The van der Waals surface area contributed by atoms with E-state index in [1.165, 1.54) is 12.3 Å². The third kappa shape index (κ3) is 3.42. The van der Waals surface area contributed by atoms with Gasteiger partial charge in [-0.3, -0.25) is 4.57 Å². The van der Waals surface area contributed by atoms with Gasteiger partial charge in [0.2, 0.25) is 0 Å². The minimum atomic E-state index is -2.55. The first-order valence-electron chi connectivity index (χ1n) is 6.11. The lowest BCUT2D eigenvalue weighted by atomic mass is 10.3. The van der Waals surface area contributed by atoms with Crippen molar-refractivity contribution in [2.75, 3.05) is 5.73 Å². The molecule has 2 aromatic rings. The first kappa shape index (κ1) is 16.4. The summed E-state index contributed by atoms with van der Waals surface area (Å²) in [6.07, 6.45) is 1.50. The highest BCUT2D eigenvalue weighted by Crippen LogP contribution is 2.25. The highest BCUT2D eigenvalue weighted by Gasteiger charge is 2.13. The van der Waals surface area contributed by atoms with Crippen LogP contribution in [0.1, 0.15) is 39.9 Å². The molecular formula is C13H21F2N3. The Morgan fingerprint density at radius 1 is 1.17 bits per heavy atom. The standard InChI is InChI=1S/C9H9F2N3.2C2H6/c1-5-2-6-4-13-8(12)3-7(6)14(5)9(10)11;2*1-2/h2-4,9H,1H3,(H2,12,13);2*1-2H3. The number of nitrogen functional groups attached to an aromatic ring is 1. The molecule has 0 aromatic carbocycles. The zero-order valence-electron chi connectivity index (χ0n) is 11.5. The van der Waals surface area contributed by atoms with E-state index in [0.717, 1.165) is 4.57 Å². The van der Waals surface area contributed by atoms with Crippen LogP contribution in [0.5, 0.6) is 0 Å². The second kappa shape index (κ2) is 7.63. The summed E-state index contributed by atoms with van der Waals surface area (Å²) in [6, 6.07) is 3.11. The first-order valence-corrected chi connectivity index (χ1v) is 6.11. The van der Waals surface area contributed by atoms with E-state index >= 15 is 0 Å². The van der Waals surface area contributed by atoms with E-state index in [1.807, 2.05) is 27.7 Å². The lowest BCUT2D eigenvalue weighted by Crippen LogP contribution is -2.00. The highest BCUT2D eigenvalue weighted by molar-refractivity contribution is 5.82. The number of aryl methyl sites for hydroxylation is 1. The van der Waals surface area contributed by atoms with Crippen molar-refractivity contribution in [1.29, 1.82) is 0 Å². The lowest BCUT2D eigenvalue weighted by Gasteiger charge is -2.05. The SMILES string of the molecule is CC.CC.Cc1cc2cnc(N)cc2n1C(F)F. The van der Waals surface area contributed by atoms with Gasteiger partial charge < -0.3 is 5.73 Å². The molecule has 0 saturated carbocycles. The minimum absolute atomic E-state index is 0.248. The monoisotopic (exact) mass is 257 g/mol. The molecule has 0 radical (unpaired) electrons. The van der Waals surface area contributed by atoms with E-state index in [0.29, 0.717) is 16.6 Å². The van der Waals surface area contributed by atoms with Crippen molar-refractivity contribution in [1.82, 2.24) is 9.55 Å². The molecule has 2 rings (SSSR count). The van der Waals surface area contributed by atoms with Gasteiger partial charge in [-0.1, -0.05) is 27.7 Å².